The highest BCUT2D eigenvalue weighted by Crippen LogP contribution is 2.40. The molecular formula is C40H36Cl3FN4O2. The van der Waals surface area contributed by atoms with Crippen LogP contribution in [0.1, 0.15) is 58.4 Å². The molecule has 6 aromatic rings. The van der Waals surface area contributed by atoms with Gasteiger partial charge < -0.3 is 19.8 Å². The molecule has 0 fully saturated rings. The Bertz CT molecular complexity index is 2370. The molecule has 0 saturated heterocycles. The number of aryl methyl sites for hydroxylation is 2. The van der Waals surface area contributed by atoms with E-state index >= 15 is 0 Å². The summed E-state index contributed by atoms with van der Waals surface area (Å²) in [5.41, 5.74) is 9.98. The van der Waals surface area contributed by atoms with E-state index in [2.05, 4.69) is 60.2 Å². The summed E-state index contributed by atoms with van der Waals surface area (Å²) in [6, 6.07) is 20.7. The van der Waals surface area contributed by atoms with Crippen molar-refractivity contribution in [2.45, 2.75) is 53.1 Å². The van der Waals surface area contributed by atoms with Crippen LogP contribution in [0.15, 0.2) is 66.7 Å². The highest BCUT2D eigenvalue weighted by atomic mass is 35.5. The Morgan fingerprint density at radius 1 is 0.660 bits per heavy atom. The van der Waals surface area contributed by atoms with Crippen molar-refractivity contribution in [2.24, 2.45) is 0 Å². The standard InChI is InChI=1S/C22H23ClN2O.C18H13Cl2FN2O/c1-13-17-11-16(23)12-18(14-5-7-15(8-6-14)22(2,3)4)20(17)25-10-9-24-21(26)19(13)25;1-9-13-7-11(21)8-14(12-3-2-10(19)6-15(12)20)17(13)23-5-4-22-18(24)16(9)23/h5-8,11-12H,9-10H2,1-4H3,(H,24,26);2-3,6-8H,4-5H2,1H3,(H,22,24). The Labute approximate surface area is 305 Å². The van der Waals surface area contributed by atoms with Crippen molar-refractivity contribution >= 4 is 68.4 Å². The fourth-order valence-corrected chi connectivity index (χ4v) is 8.01. The van der Waals surface area contributed by atoms with Gasteiger partial charge in [-0.3, -0.25) is 9.59 Å². The predicted molar refractivity (Wildman–Crippen MR) is 203 cm³/mol. The zero-order chi connectivity index (χ0) is 35.6. The maximum atomic E-state index is 14.3. The molecule has 0 radical (unpaired) electrons. The summed E-state index contributed by atoms with van der Waals surface area (Å²) in [6.45, 7) is 13.1. The number of carbonyl (C=O) groups excluding carboxylic acids is 2. The minimum absolute atomic E-state index is 0.00453. The van der Waals surface area contributed by atoms with Gasteiger partial charge >= 0.3 is 0 Å². The Kier molecular flexibility index (Phi) is 8.74. The summed E-state index contributed by atoms with van der Waals surface area (Å²) < 4.78 is 18.3. The summed E-state index contributed by atoms with van der Waals surface area (Å²) >= 11 is 18.8. The van der Waals surface area contributed by atoms with Gasteiger partial charge in [0, 0.05) is 68.7 Å². The number of rotatable bonds is 2. The molecule has 8 rings (SSSR count). The molecule has 2 N–H and O–H groups in total. The van der Waals surface area contributed by atoms with Gasteiger partial charge in [-0.2, -0.15) is 0 Å². The van der Waals surface area contributed by atoms with Gasteiger partial charge in [0.1, 0.15) is 17.2 Å². The van der Waals surface area contributed by atoms with Gasteiger partial charge in [0.05, 0.1) is 11.0 Å². The smallest absolute Gasteiger partial charge is 0.268 e. The Balaban J connectivity index is 0.000000157. The van der Waals surface area contributed by atoms with E-state index in [0.717, 1.165) is 56.3 Å². The number of nitrogens with one attached hydrogen (secondary N) is 2. The zero-order valence-electron chi connectivity index (χ0n) is 28.4. The average molecular weight is 730 g/mol. The second kappa shape index (κ2) is 12.8. The molecule has 0 saturated carbocycles. The van der Waals surface area contributed by atoms with Crippen molar-refractivity contribution < 1.29 is 14.0 Å². The minimum Gasteiger partial charge on any atom is -0.349 e. The van der Waals surface area contributed by atoms with Gasteiger partial charge in [0.2, 0.25) is 0 Å². The van der Waals surface area contributed by atoms with Gasteiger partial charge in [-0.05, 0) is 77.9 Å². The topological polar surface area (TPSA) is 68.1 Å². The molecule has 50 heavy (non-hydrogen) atoms. The van der Waals surface area contributed by atoms with Crippen LogP contribution in [0.3, 0.4) is 0 Å². The summed E-state index contributed by atoms with van der Waals surface area (Å²) in [5.74, 6) is -0.506. The molecule has 0 atom stereocenters. The van der Waals surface area contributed by atoms with Crippen LogP contribution < -0.4 is 10.6 Å². The molecule has 4 heterocycles. The van der Waals surface area contributed by atoms with Crippen LogP contribution in [0.2, 0.25) is 15.1 Å². The number of aromatic nitrogens is 2. The highest BCUT2D eigenvalue weighted by molar-refractivity contribution is 6.36. The van der Waals surface area contributed by atoms with Crippen LogP contribution in [0.5, 0.6) is 0 Å². The third-order valence-electron chi connectivity index (χ3n) is 9.70. The van der Waals surface area contributed by atoms with Crippen LogP contribution in [0.4, 0.5) is 4.39 Å². The first kappa shape index (κ1) is 34.2. The van der Waals surface area contributed by atoms with E-state index in [0.29, 0.717) is 51.5 Å². The largest absolute Gasteiger partial charge is 0.349 e. The lowest BCUT2D eigenvalue weighted by Crippen LogP contribution is -2.35. The molecule has 256 valence electrons. The predicted octanol–water partition coefficient (Wildman–Crippen LogP) is 10.1. The van der Waals surface area contributed by atoms with E-state index in [4.69, 9.17) is 34.8 Å². The maximum absolute atomic E-state index is 14.3. The van der Waals surface area contributed by atoms with E-state index in [1.165, 1.54) is 17.7 Å². The molecule has 0 spiro atoms. The number of benzene rings is 4. The number of halogens is 4. The van der Waals surface area contributed by atoms with Gasteiger partial charge in [0.25, 0.3) is 11.8 Å². The van der Waals surface area contributed by atoms with Crippen LogP contribution in [-0.2, 0) is 18.5 Å². The second-order valence-electron chi connectivity index (χ2n) is 13.9. The molecule has 0 unspecified atom stereocenters. The Morgan fingerprint density at radius 3 is 1.78 bits per heavy atom. The first-order chi connectivity index (χ1) is 23.7. The van der Waals surface area contributed by atoms with Gasteiger partial charge in [-0.1, -0.05) is 85.9 Å². The molecule has 2 aromatic heterocycles. The average Bonchev–Trinajstić information content (AvgIpc) is 3.52. The maximum Gasteiger partial charge on any atom is 0.268 e. The zero-order valence-corrected chi connectivity index (χ0v) is 30.7. The molecule has 0 aliphatic carbocycles. The molecule has 0 bridgehead atoms. The molecule has 2 aliphatic heterocycles. The summed E-state index contributed by atoms with van der Waals surface area (Å²) in [6.07, 6.45) is 0. The number of carbonyl (C=O) groups is 2. The van der Waals surface area contributed by atoms with Crippen LogP contribution in [-0.4, -0.2) is 34.0 Å². The van der Waals surface area contributed by atoms with E-state index in [-0.39, 0.29) is 23.0 Å². The second-order valence-corrected chi connectivity index (χ2v) is 15.2. The van der Waals surface area contributed by atoms with Crippen molar-refractivity contribution in [2.75, 3.05) is 13.1 Å². The number of nitrogens with zero attached hydrogens (tertiary/aromatic N) is 2. The number of fused-ring (bicyclic) bond motifs is 6. The first-order valence-electron chi connectivity index (χ1n) is 16.5. The lowest BCUT2D eigenvalue weighted by Gasteiger charge is -2.20. The van der Waals surface area contributed by atoms with E-state index in [1.54, 1.807) is 18.2 Å². The lowest BCUT2D eigenvalue weighted by molar-refractivity contribution is 0.0920. The quantitative estimate of drug-likeness (QED) is 0.186. The SMILES string of the molecule is Cc1c2n(c3c(-c4ccc(C(C)(C)C)cc4)cc(Cl)cc13)CCNC2=O.Cc1c2n(c3c(-c4ccc(Cl)cc4Cl)cc(F)cc13)CCNC2=O. The molecule has 10 heteroatoms. The van der Waals surface area contributed by atoms with Crippen molar-refractivity contribution in [1.82, 2.24) is 19.8 Å². The monoisotopic (exact) mass is 728 g/mol. The van der Waals surface area contributed by atoms with Gasteiger partial charge in [-0.15, -0.1) is 0 Å². The fraction of sp³-hybridized carbons (Fsp3) is 0.250. The lowest BCUT2D eigenvalue weighted by atomic mass is 9.86. The third-order valence-corrected chi connectivity index (χ3v) is 10.5. The van der Waals surface area contributed by atoms with Crippen LogP contribution >= 0.6 is 34.8 Å². The normalized spacial score (nSPS) is 14.2. The van der Waals surface area contributed by atoms with E-state index in [9.17, 15) is 14.0 Å². The Hall–Kier alpha value is -4.30. The molecule has 2 aliphatic rings. The number of hydrogen-bond donors (Lipinski definition) is 2. The van der Waals surface area contributed by atoms with Crippen molar-refractivity contribution in [3.63, 3.8) is 0 Å². The molecule has 4 aromatic carbocycles. The number of amides is 2. The van der Waals surface area contributed by atoms with Crippen molar-refractivity contribution in [1.29, 1.82) is 0 Å². The third kappa shape index (κ3) is 5.85. The molecule has 2 amide bonds. The first-order valence-corrected chi connectivity index (χ1v) is 17.7. The highest BCUT2D eigenvalue weighted by Gasteiger charge is 2.27. The molecular weight excluding hydrogens is 694 g/mol. The van der Waals surface area contributed by atoms with Crippen LogP contribution in [0, 0.1) is 19.7 Å². The van der Waals surface area contributed by atoms with E-state index < -0.39 is 0 Å². The van der Waals surface area contributed by atoms with Gasteiger partial charge in [0.15, 0.2) is 0 Å². The fourth-order valence-electron chi connectivity index (χ4n) is 7.28. The number of hydrogen-bond acceptors (Lipinski definition) is 2. The minimum atomic E-state index is -0.366. The summed E-state index contributed by atoms with van der Waals surface area (Å²) in [7, 11) is 0. The van der Waals surface area contributed by atoms with Gasteiger partial charge in [-0.25, -0.2) is 4.39 Å². The van der Waals surface area contributed by atoms with Crippen LogP contribution in [0.25, 0.3) is 44.1 Å². The summed E-state index contributed by atoms with van der Waals surface area (Å²) in [4.78, 5) is 24.6. The molecule has 6 nitrogen and oxygen atoms in total. The van der Waals surface area contributed by atoms with Crippen molar-refractivity contribution in [3.8, 4) is 22.3 Å². The summed E-state index contributed by atoms with van der Waals surface area (Å²) in [5, 5.41) is 9.22. The van der Waals surface area contributed by atoms with Crippen molar-refractivity contribution in [3.05, 3.63) is 116 Å². The van der Waals surface area contributed by atoms with E-state index in [1.807, 2.05) is 30.5 Å². The Morgan fingerprint density at radius 2 is 1.22 bits per heavy atom.